The average molecular weight is 656 g/mol. The molecule has 1 aliphatic rings. The van der Waals surface area contributed by atoms with Gasteiger partial charge in [0.25, 0.3) is 0 Å². The fourth-order valence-electron chi connectivity index (χ4n) is 4.71. The van der Waals surface area contributed by atoms with Gasteiger partial charge in [-0.1, -0.05) is 54.4 Å². The minimum Gasteiger partial charge on any atom is -0.464 e. The van der Waals surface area contributed by atoms with Crippen molar-refractivity contribution in [1.82, 2.24) is 19.7 Å². The van der Waals surface area contributed by atoms with Crippen LogP contribution in [0, 0.1) is 17.8 Å². The molecule has 6 atom stereocenters. The molecule has 2 aromatic rings. The Balaban J connectivity index is 1.92. The molecule has 1 unspecified atom stereocenters. The summed E-state index contributed by atoms with van der Waals surface area (Å²) in [6.07, 6.45) is -0.681. The Hall–Kier alpha value is -3.10. The number of nitrogens with one attached hydrogen (secondary N) is 1. The number of carbonyl (C=O) groups is 3. The highest BCUT2D eigenvalue weighted by Gasteiger charge is 2.59. The van der Waals surface area contributed by atoms with E-state index in [1.54, 1.807) is 39.8 Å². The van der Waals surface area contributed by atoms with Gasteiger partial charge in [-0.3, -0.25) is 18.9 Å². The fraction of sp³-hybridized carbons (Fsp3) is 0.690. The van der Waals surface area contributed by atoms with E-state index in [1.807, 2.05) is 13.8 Å². The predicted octanol–water partition coefficient (Wildman–Crippen LogP) is 3.35. The van der Waals surface area contributed by atoms with E-state index < -0.39 is 74.1 Å². The second-order valence-electron chi connectivity index (χ2n) is 12.1. The Morgan fingerprint density at radius 2 is 1.71 bits per heavy atom. The number of esters is 3. The molecule has 4 N–H and O–H groups in total. The van der Waals surface area contributed by atoms with Crippen molar-refractivity contribution in [3.8, 4) is 0 Å². The Kier molecular flexibility index (Phi) is 12.1. The maximum atomic E-state index is 13.1. The molecule has 0 amide bonds. The third-order valence-corrected chi connectivity index (χ3v) is 8.88. The first kappa shape index (κ1) is 36.4. The van der Waals surface area contributed by atoms with Gasteiger partial charge in [-0.15, -0.1) is 0 Å². The van der Waals surface area contributed by atoms with Gasteiger partial charge in [0, 0.05) is 0 Å². The lowest BCUT2D eigenvalue weighted by atomic mass is 9.95. The van der Waals surface area contributed by atoms with Crippen molar-refractivity contribution in [2.45, 2.75) is 98.2 Å². The lowest BCUT2D eigenvalue weighted by molar-refractivity contribution is -0.175. The van der Waals surface area contributed by atoms with Crippen molar-refractivity contribution in [1.29, 1.82) is 0 Å². The van der Waals surface area contributed by atoms with E-state index in [4.69, 9.17) is 29.2 Å². The monoisotopic (exact) mass is 655 g/mol. The summed E-state index contributed by atoms with van der Waals surface area (Å²) in [7, 11) is -4.65. The van der Waals surface area contributed by atoms with Crippen LogP contribution in [0.4, 0.5) is 5.82 Å². The van der Waals surface area contributed by atoms with Gasteiger partial charge in [-0.05, 0) is 31.9 Å². The van der Waals surface area contributed by atoms with E-state index >= 15 is 0 Å². The van der Waals surface area contributed by atoms with Gasteiger partial charge in [0.05, 0.1) is 30.7 Å². The zero-order valence-corrected chi connectivity index (χ0v) is 28.0. The molecule has 0 aromatic carbocycles. The molecule has 2 aromatic heterocycles. The number of ether oxygens (including phenoxy) is 4. The molecule has 15 nitrogen and oxygen atoms in total. The van der Waals surface area contributed by atoms with Gasteiger partial charge in [-0.2, -0.15) is 5.10 Å². The number of carbonyl (C=O) groups excluding carboxylic acids is 3. The number of hydrogen-bond acceptors (Lipinski definition) is 12. The zero-order chi connectivity index (χ0) is 33.7. The van der Waals surface area contributed by atoms with Gasteiger partial charge in [-0.25, -0.2) is 19.2 Å². The third kappa shape index (κ3) is 8.79. The van der Waals surface area contributed by atoms with Crippen LogP contribution < -0.4 is 10.8 Å². The van der Waals surface area contributed by atoms with E-state index in [0.717, 1.165) is 12.8 Å². The van der Waals surface area contributed by atoms with Crippen LogP contribution in [-0.2, 0) is 42.4 Å². The number of anilines is 1. The van der Waals surface area contributed by atoms with Crippen LogP contribution in [0.5, 0.6) is 0 Å². The minimum atomic E-state index is -4.65. The molecule has 3 heterocycles. The lowest BCUT2D eigenvalue weighted by Crippen LogP contribution is -2.49. The number of nitrogens with zero attached hydrogens (tertiary/aromatic N) is 3. The lowest BCUT2D eigenvalue weighted by Gasteiger charge is -2.32. The number of fused-ring (bicyclic) bond motifs is 1. The van der Waals surface area contributed by atoms with Crippen molar-refractivity contribution >= 4 is 37.0 Å². The van der Waals surface area contributed by atoms with E-state index in [2.05, 4.69) is 15.2 Å². The van der Waals surface area contributed by atoms with Gasteiger partial charge >= 0.3 is 25.7 Å². The van der Waals surface area contributed by atoms with Crippen molar-refractivity contribution in [2.24, 2.45) is 17.8 Å². The quantitative estimate of drug-likeness (QED) is 0.143. The summed E-state index contributed by atoms with van der Waals surface area (Å²) < 4.78 is 43.5. The first-order valence-corrected chi connectivity index (χ1v) is 16.7. The summed E-state index contributed by atoms with van der Waals surface area (Å²) in [5, 5.41) is 6.55. The average Bonchev–Trinajstić information content (AvgIpc) is 3.52. The Labute approximate surface area is 263 Å². The van der Waals surface area contributed by atoms with Gasteiger partial charge in [0.15, 0.2) is 18.0 Å². The molecule has 1 saturated heterocycles. The van der Waals surface area contributed by atoms with E-state index in [1.165, 1.54) is 24.7 Å². The first-order chi connectivity index (χ1) is 21.0. The molecular formula is C29H46N5O10P. The minimum absolute atomic E-state index is 0.176. The van der Waals surface area contributed by atoms with Crippen molar-refractivity contribution in [3.05, 3.63) is 24.2 Å². The van der Waals surface area contributed by atoms with Crippen LogP contribution in [0.1, 0.15) is 80.0 Å². The molecule has 0 saturated carbocycles. The van der Waals surface area contributed by atoms with Crippen LogP contribution in [0.3, 0.4) is 0 Å². The van der Waals surface area contributed by atoms with Crippen LogP contribution >= 0.6 is 7.75 Å². The Morgan fingerprint density at radius 1 is 1.09 bits per heavy atom. The molecule has 0 radical (unpaired) electrons. The van der Waals surface area contributed by atoms with Crippen LogP contribution in [-0.4, -0.2) is 74.5 Å². The zero-order valence-electron chi connectivity index (χ0n) is 27.1. The molecule has 1 fully saturated rings. The number of hydrogen-bond donors (Lipinski definition) is 3. The summed E-state index contributed by atoms with van der Waals surface area (Å²) >= 11 is 0. The van der Waals surface area contributed by atoms with Crippen LogP contribution in [0.25, 0.3) is 5.52 Å². The van der Waals surface area contributed by atoms with Crippen molar-refractivity contribution in [2.75, 3.05) is 18.9 Å². The van der Waals surface area contributed by atoms with Gasteiger partial charge in [0.2, 0.25) is 0 Å². The molecule has 0 bridgehead atoms. The van der Waals surface area contributed by atoms with Crippen molar-refractivity contribution < 1.29 is 47.3 Å². The predicted molar refractivity (Wildman–Crippen MR) is 162 cm³/mol. The molecule has 45 heavy (non-hydrogen) atoms. The molecular weight excluding hydrogens is 609 g/mol. The van der Waals surface area contributed by atoms with Crippen molar-refractivity contribution in [3.63, 3.8) is 0 Å². The number of rotatable bonds is 15. The number of aromatic nitrogens is 3. The maximum Gasteiger partial charge on any atom is 0.403 e. The summed E-state index contributed by atoms with van der Waals surface area (Å²) in [5.74, 6) is -2.65. The second-order valence-corrected chi connectivity index (χ2v) is 13.6. The fourth-order valence-corrected chi connectivity index (χ4v) is 5.81. The third-order valence-electron chi connectivity index (χ3n) is 7.69. The molecule has 16 heteroatoms. The highest BCUT2D eigenvalue weighted by molar-refractivity contribution is 7.50. The molecule has 3 rings (SSSR count). The summed E-state index contributed by atoms with van der Waals surface area (Å²) in [6, 6.07) is 2.14. The smallest absolute Gasteiger partial charge is 0.403 e. The Morgan fingerprint density at radius 3 is 2.31 bits per heavy atom. The van der Waals surface area contributed by atoms with Crippen LogP contribution in [0.15, 0.2) is 18.5 Å². The van der Waals surface area contributed by atoms with E-state index in [0.29, 0.717) is 11.2 Å². The normalized spacial score (nSPS) is 23.8. The molecule has 0 spiro atoms. The standard InChI is InChI=1S/C29H46N5O10P/c1-9-19(10-2)13-40-28(37)18(7)33-45(38,39)41-14-29(8)24(43-27(36)17(5)6)23(42-26(35)16(3)4)22(44-29)20-11-12-21-25(30)31-15-32-34(20)21/h11-12,15-19,22-24H,9-10,13-14H2,1-8H3,(H2,30,31,32)(H2,33,38,39)/t18-,22-,23-,24-,29+/m0/s1. The van der Waals surface area contributed by atoms with Crippen LogP contribution in [0.2, 0.25) is 0 Å². The summed E-state index contributed by atoms with van der Waals surface area (Å²) in [5.41, 5.74) is 5.25. The maximum absolute atomic E-state index is 13.1. The summed E-state index contributed by atoms with van der Waals surface area (Å²) in [4.78, 5) is 53.0. The molecule has 0 aliphatic carbocycles. The number of nitrogens with two attached hydrogens (primary N) is 1. The topological polar surface area (TPSA) is 203 Å². The van der Waals surface area contributed by atoms with E-state index in [9.17, 15) is 23.8 Å². The largest absolute Gasteiger partial charge is 0.464 e. The molecule has 1 aliphatic heterocycles. The van der Waals surface area contributed by atoms with E-state index in [-0.39, 0.29) is 18.3 Å². The highest BCUT2D eigenvalue weighted by atomic mass is 31.2. The highest BCUT2D eigenvalue weighted by Crippen LogP contribution is 2.47. The molecule has 252 valence electrons. The van der Waals surface area contributed by atoms with Gasteiger partial charge < -0.3 is 29.6 Å². The SMILES string of the molecule is CCC(CC)COC(=O)[C@H](C)NP(=O)(O)OC[C@@]1(C)O[C@@H](c2ccc3c(N)ncnn23)[C@H](OC(=O)C(C)C)[C@@H]1OC(=O)C(C)C. The second kappa shape index (κ2) is 15.0. The first-order valence-electron chi connectivity index (χ1n) is 15.1. The summed E-state index contributed by atoms with van der Waals surface area (Å²) in [6.45, 7) is 13.0. The number of nitrogen functional groups attached to an aromatic ring is 1. The van der Waals surface area contributed by atoms with Gasteiger partial charge in [0.1, 0.15) is 29.6 Å². The Bertz CT molecular complexity index is 1400.